The number of aryl methyl sites for hydroxylation is 1. The summed E-state index contributed by atoms with van der Waals surface area (Å²) in [5.74, 6) is 0. The number of benzene rings is 1. The second-order valence-corrected chi connectivity index (χ2v) is 6.95. The van der Waals surface area contributed by atoms with Gasteiger partial charge in [-0.1, -0.05) is 11.6 Å². The van der Waals surface area contributed by atoms with Crippen LogP contribution in [0.1, 0.15) is 5.69 Å². The minimum atomic E-state index is -3.79. The van der Waals surface area contributed by atoms with Crippen LogP contribution in [0.5, 0.6) is 0 Å². The third kappa shape index (κ3) is 3.23. The van der Waals surface area contributed by atoms with Gasteiger partial charge in [-0.05, 0) is 53.2 Å². The van der Waals surface area contributed by atoms with Crippen LogP contribution in [0.25, 0.3) is 0 Å². The topological polar surface area (TPSA) is 85.1 Å². The van der Waals surface area contributed by atoms with Crippen LogP contribution in [0.15, 0.2) is 39.8 Å². The van der Waals surface area contributed by atoms with Gasteiger partial charge in [0.2, 0.25) is 0 Å². The van der Waals surface area contributed by atoms with Gasteiger partial charge in [0.15, 0.2) is 0 Å². The Kier molecular flexibility index (Phi) is 4.22. The molecule has 0 saturated heterocycles. The molecule has 0 radical (unpaired) electrons. The molecule has 0 aliphatic heterocycles. The first-order chi connectivity index (χ1) is 9.29. The molecule has 3 N–H and O–H groups in total. The summed E-state index contributed by atoms with van der Waals surface area (Å²) in [5, 5.41) is 0.378. The average molecular weight is 377 g/mol. The highest BCUT2D eigenvalue weighted by Gasteiger charge is 2.18. The van der Waals surface area contributed by atoms with Crippen LogP contribution in [-0.4, -0.2) is 13.4 Å². The van der Waals surface area contributed by atoms with Crippen LogP contribution in [0, 0.1) is 6.92 Å². The molecule has 0 saturated carbocycles. The molecule has 0 amide bonds. The molecule has 8 heteroatoms. The lowest BCUT2D eigenvalue weighted by Gasteiger charge is -2.12. The molecule has 2 aromatic rings. The maximum Gasteiger partial charge on any atom is 0.264 e. The summed E-state index contributed by atoms with van der Waals surface area (Å²) in [6.07, 6.45) is 0. The zero-order chi connectivity index (χ0) is 14.9. The van der Waals surface area contributed by atoms with E-state index in [0.29, 0.717) is 21.0 Å². The van der Waals surface area contributed by atoms with Crippen LogP contribution in [0.4, 0.5) is 11.4 Å². The highest BCUT2D eigenvalue weighted by Crippen LogP contribution is 2.25. The van der Waals surface area contributed by atoms with E-state index in [0.717, 1.165) is 0 Å². The van der Waals surface area contributed by atoms with Crippen molar-refractivity contribution in [2.24, 2.45) is 0 Å². The van der Waals surface area contributed by atoms with Crippen molar-refractivity contribution >= 4 is 48.9 Å². The van der Waals surface area contributed by atoms with E-state index in [1.165, 1.54) is 18.2 Å². The third-order valence-corrected chi connectivity index (χ3v) is 4.67. The molecule has 1 heterocycles. The van der Waals surface area contributed by atoms with Gasteiger partial charge in [-0.15, -0.1) is 0 Å². The van der Waals surface area contributed by atoms with Gasteiger partial charge in [0.25, 0.3) is 10.0 Å². The molecule has 5 nitrogen and oxygen atoms in total. The maximum atomic E-state index is 12.3. The van der Waals surface area contributed by atoms with Crippen LogP contribution >= 0.6 is 27.5 Å². The molecule has 106 valence electrons. The van der Waals surface area contributed by atoms with Crippen LogP contribution in [0.2, 0.25) is 5.02 Å². The van der Waals surface area contributed by atoms with Gasteiger partial charge in [-0.3, -0.25) is 4.72 Å². The Morgan fingerprint density at radius 2 is 2.00 bits per heavy atom. The van der Waals surface area contributed by atoms with Crippen LogP contribution < -0.4 is 10.5 Å². The van der Waals surface area contributed by atoms with Crippen molar-refractivity contribution in [2.75, 3.05) is 10.5 Å². The summed E-state index contributed by atoms with van der Waals surface area (Å²) in [6.45, 7) is 1.70. The van der Waals surface area contributed by atoms with Crippen molar-refractivity contribution < 1.29 is 8.42 Å². The number of nitrogen functional groups attached to an aromatic ring is 1. The number of nitrogens with one attached hydrogen (secondary N) is 1. The monoisotopic (exact) mass is 375 g/mol. The molecular weight excluding hydrogens is 366 g/mol. The summed E-state index contributed by atoms with van der Waals surface area (Å²) in [7, 11) is -3.79. The molecular formula is C12H11BrClN3O2S. The molecule has 1 aromatic carbocycles. The molecule has 1 aromatic heterocycles. The van der Waals surface area contributed by atoms with Crippen molar-refractivity contribution in [3.63, 3.8) is 0 Å². The zero-order valence-electron chi connectivity index (χ0n) is 10.4. The van der Waals surface area contributed by atoms with Crippen molar-refractivity contribution in [2.45, 2.75) is 11.8 Å². The highest BCUT2D eigenvalue weighted by molar-refractivity contribution is 9.10. The first-order valence-corrected chi connectivity index (χ1v) is 8.16. The van der Waals surface area contributed by atoms with E-state index in [1.807, 2.05) is 0 Å². The Hall–Kier alpha value is -1.31. The molecule has 0 unspecified atom stereocenters. The summed E-state index contributed by atoms with van der Waals surface area (Å²) in [4.78, 5) is 4.10. The van der Waals surface area contributed by atoms with Crippen molar-refractivity contribution in [3.05, 3.63) is 45.7 Å². The lowest BCUT2D eigenvalue weighted by atomic mass is 10.3. The first kappa shape index (κ1) is 15.1. The number of nitrogens with zero attached hydrogens (tertiary/aromatic N) is 1. The van der Waals surface area contributed by atoms with E-state index in [-0.39, 0.29) is 10.6 Å². The summed E-state index contributed by atoms with van der Waals surface area (Å²) in [5.41, 5.74) is 6.73. The summed E-state index contributed by atoms with van der Waals surface area (Å²) in [6, 6.07) is 7.50. The Morgan fingerprint density at radius 3 is 2.60 bits per heavy atom. The second kappa shape index (κ2) is 5.59. The van der Waals surface area contributed by atoms with E-state index in [9.17, 15) is 8.42 Å². The highest BCUT2D eigenvalue weighted by atomic mass is 79.9. The predicted octanol–water partition coefficient (Wildman–Crippen LogP) is 3.19. The predicted molar refractivity (Wildman–Crippen MR) is 83.3 cm³/mol. The fourth-order valence-corrected chi connectivity index (χ4v) is 3.41. The fraction of sp³-hybridized carbons (Fsp3) is 0.0833. The van der Waals surface area contributed by atoms with Gasteiger partial charge in [0.05, 0.1) is 17.1 Å². The Morgan fingerprint density at radius 1 is 1.30 bits per heavy atom. The summed E-state index contributed by atoms with van der Waals surface area (Å²) < 4.78 is 27.7. The van der Waals surface area contributed by atoms with Gasteiger partial charge >= 0.3 is 0 Å². The first-order valence-electron chi connectivity index (χ1n) is 5.50. The standard InChI is InChI=1S/C12H11BrClN3O2S/c1-7-10(3-5-12(13)16-7)17-20(18,19)11-4-2-8(14)6-9(11)15/h2-6,17H,15H2,1H3. The minimum Gasteiger partial charge on any atom is -0.398 e. The number of anilines is 2. The minimum absolute atomic E-state index is 0.0239. The number of rotatable bonds is 3. The zero-order valence-corrected chi connectivity index (χ0v) is 13.6. The van der Waals surface area contributed by atoms with Gasteiger partial charge in [0, 0.05) is 5.02 Å². The van der Waals surface area contributed by atoms with Crippen molar-refractivity contribution in [3.8, 4) is 0 Å². The molecule has 0 fully saturated rings. The number of aromatic nitrogens is 1. The number of hydrogen-bond acceptors (Lipinski definition) is 4. The number of sulfonamides is 1. The number of hydrogen-bond donors (Lipinski definition) is 2. The normalized spacial score (nSPS) is 11.3. The van der Waals surface area contributed by atoms with E-state index < -0.39 is 10.0 Å². The molecule has 0 spiro atoms. The Labute approximate surface area is 130 Å². The fourth-order valence-electron chi connectivity index (χ4n) is 1.60. The number of halogens is 2. The molecule has 0 aliphatic carbocycles. The number of pyridine rings is 1. The molecule has 0 bridgehead atoms. The van der Waals surface area contributed by atoms with E-state index >= 15 is 0 Å². The smallest absolute Gasteiger partial charge is 0.264 e. The van der Waals surface area contributed by atoms with E-state index in [4.69, 9.17) is 17.3 Å². The average Bonchev–Trinajstić information content (AvgIpc) is 2.32. The van der Waals surface area contributed by atoms with Gasteiger partial charge in [-0.25, -0.2) is 13.4 Å². The second-order valence-electron chi connectivity index (χ2n) is 4.05. The number of nitrogens with two attached hydrogens (primary N) is 1. The SMILES string of the molecule is Cc1nc(Br)ccc1NS(=O)(=O)c1ccc(Cl)cc1N. The third-order valence-electron chi connectivity index (χ3n) is 2.56. The lowest BCUT2D eigenvalue weighted by Crippen LogP contribution is -2.15. The molecule has 0 aliphatic rings. The summed E-state index contributed by atoms with van der Waals surface area (Å²) >= 11 is 8.98. The molecule has 20 heavy (non-hydrogen) atoms. The van der Waals surface area contributed by atoms with Crippen molar-refractivity contribution in [1.29, 1.82) is 0 Å². The largest absolute Gasteiger partial charge is 0.398 e. The Bertz CT molecular complexity index is 765. The molecule has 2 rings (SSSR count). The Balaban J connectivity index is 2.41. The maximum absolute atomic E-state index is 12.3. The van der Waals surface area contributed by atoms with E-state index in [2.05, 4.69) is 25.6 Å². The van der Waals surface area contributed by atoms with Crippen LogP contribution in [-0.2, 0) is 10.0 Å². The van der Waals surface area contributed by atoms with Gasteiger partial charge in [0.1, 0.15) is 9.50 Å². The van der Waals surface area contributed by atoms with Gasteiger partial charge < -0.3 is 5.73 Å². The van der Waals surface area contributed by atoms with Gasteiger partial charge in [-0.2, -0.15) is 0 Å². The van der Waals surface area contributed by atoms with Crippen molar-refractivity contribution in [1.82, 2.24) is 4.98 Å². The lowest BCUT2D eigenvalue weighted by molar-refractivity contribution is 0.601. The quantitative estimate of drug-likeness (QED) is 0.636. The van der Waals surface area contributed by atoms with E-state index in [1.54, 1.807) is 19.1 Å². The van der Waals surface area contributed by atoms with Crippen LogP contribution in [0.3, 0.4) is 0 Å². The molecule has 0 atom stereocenters.